The van der Waals surface area contributed by atoms with Gasteiger partial charge in [0.2, 0.25) is 0 Å². The third kappa shape index (κ3) is 1.39. The van der Waals surface area contributed by atoms with E-state index in [-0.39, 0.29) is 0 Å². The molecule has 1 aliphatic carbocycles. The van der Waals surface area contributed by atoms with E-state index in [0.29, 0.717) is 12.1 Å². The first-order valence-electron chi connectivity index (χ1n) is 5.78. The first kappa shape index (κ1) is 9.08. The zero-order valence-electron chi connectivity index (χ0n) is 9.34. The second kappa shape index (κ2) is 3.16. The molecule has 1 fully saturated rings. The van der Waals surface area contributed by atoms with E-state index in [4.69, 9.17) is 4.74 Å². The topological polar surface area (TPSA) is 21.3 Å². The maximum absolute atomic E-state index is 6.08. The number of nitrogens with one attached hydrogen (secondary N) is 1. The second-order valence-corrected chi connectivity index (χ2v) is 4.80. The SMILES string of the molecule is Cc1cc(C)c2c(c1)NC1CCCC1O2. The zero-order chi connectivity index (χ0) is 10.4. The normalized spacial score (nSPS) is 27.6. The molecular formula is C13H17NO. The van der Waals surface area contributed by atoms with Gasteiger partial charge in [0.15, 0.2) is 0 Å². The number of rotatable bonds is 0. The van der Waals surface area contributed by atoms with Crippen LogP contribution in [0.4, 0.5) is 5.69 Å². The van der Waals surface area contributed by atoms with Crippen LogP contribution < -0.4 is 10.1 Å². The highest BCUT2D eigenvalue weighted by Gasteiger charge is 2.34. The molecule has 0 saturated heterocycles. The summed E-state index contributed by atoms with van der Waals surface area (Å²) in [6, 6.07) is 4.92. The van der Waals surface area contributed by atoms with Gasteiger partial charge in [0.05, 0.1) is 11.7 Å². The molecule has 0 bridgehead atoms. The molecule has 3 rings (SSSR count). The Morgan fingerprint density at radius 2 is 2.13 bits per heavy atom. The highest BCUT2D eigenvalue weighted by molar-refractivity contribution is 5.63. The van der Waals surface area contributed by atoms with Crippen LogP contribution in [0.25, 0.3) is 0 Å². The van der Waals surface area contributed by atoms with Gasteiger partial charge in [0.25, 0.3) is 0 Å². The van der Waals surface area contributed by atoms with Crippen LogP contribution in [0.1, 0.15) is 30.4 Å². The second-order valence-electron chi connectivity index (χ2n) is 4.80. The molecule has 1 aliphatic heterocycles. The average molecular weight is 203 g/mol. The summed E-state index contributed by atoms with van der Waals surface area (Å²) < 4.78 is 6.08. The van der Waals surface area contributed by atoms with E-state index in [2.05, 4.69) is 31.3 Å². The van der Waals surface area contributed by atoms with Crippen molar-refractivity contribution in [1.29, 1.82) is 0 Å². The molecule has 0 amide bonds. The van der Waals surface area contributed by atoms with Crippen LogP contribution in [0.15, 0.2) is 12.1 Å². The van der Waals surface area contributed by atoms with Crippen LogP contribution in [0, 0.1) is 13.8 Å². The maximum Gasteiger partial charge on any atom is 0.145 e. The largest absolute Gasteiger partial charge is 0.486 e. The molecule has 2 heteroatoms. The number of anilines is 1. The van der Waals surface area contributed by atoms with Crippen molar-refractivity contribution in [1.82, 2.24) is 0 Å². The van der Waals surface area contributed by atoms with E-state index >= 15 is 0 Å². The number of benzene rings is 1. The van der Waals surface area contributed by atoms with Gasteiger partial charge in [-0.2, -0.15) is 0 Å². The molecule has 1 saturated carbocycles. The Bertz CT molecular complexity index is 400. The van der Waals surface area contributed by atoms with Crippen LogP contribution in [0.5, 0.6) is 5.75 Å². The minimum atomic E-state index is 0.402. The standard InChI is InChI=1S/C13H17NO/c1-8-6-9(2)13-11(7-8)14-10-4-3-5-12(10)15-13/h6-7,10,12,14H,3-5H2,1-2H3. The maximum atomic E-state index is 6.08. The van der Waals surface area contributed by atoms with Gasteiger partial charge < -0.3 is 10.1 Å². The quantitative estimate of drug-likeness (QED) is 0.699. The lowest BCUT2D eigenvalue weighted by Crippen LogP contribution is -2.37. The van der Waals surface area contributed by atoms with Crippen molar-refractivity contribution >= 4 is 5.69 Å². The first-order valence-corrected chi connectivity index (χ1v) is 5.78. The third-order valence-corrected chi connectivity index (χ3v) is 3.48. The van der Waals surface area contributed by atoms with E-state index in [1.807, 2.05) is 0 Å². The van der Waals surface area contributed by atoms with Crippen molar-refractivity contribution in [3.05, 3.63) is 23.3 Å². The lowest BCUT2D eigenvalue weighted by atomic mass is 10.1. The van der Waals surface area contributed by atoms with Crippen LogP contribution >= 0.6 is 0 Å². The predicted molar refractivity (Wildman–Crippen MR) is 61.6 cm³/mol. The molecule has 1 aromatic carbocycles. The molecule has 1 N–H and O–H groups in total. The van der Waals surface area contributed by atoms with E-state index in [0.717, 1.165) is 5.75 Å². The minimum absolute atomic E-state index is 0.402. The lowest BCUT2D eigenvalue weighted by Gasteiger charge is -2.31. The molecule has 15 heavy (non-hydrogen) atoms. The van der Waals surface area contributed by atoms with Crippen molar-refractivity contribution in [3.63, 3.8) is 0 Å². The number of ether oxygens (including phenoxy) is 1. The Labute approximate surface area is 90.6 Å². The minimum Gasteiger partial charge on any atom is -0.486 e. The zero-order valence-corrected chi connectivity index (χ0v) is 9.34. The summed E-state index contributed by atoms with van der Waals surface area (Å²) in [5, 5.41) is 3.62. The smallest absolute Gasteiger partial charge is 0.145 e. The number of hydrogen-bond acceptors (Lipinski definition) is 2. The monoisotopic (exact) mass is 203 g/mol. The molecule has 80 valence electrons. The van der Waals surface area contributed by atoms with Gasteiger partial charge in [0, 0.05) is 0 Å². The van der Waals surface area contributed by atoms with E-state index < -0.39 is 0 Å². The van der Waals surface area contributed by atoms with Gasteiger partial charge in [0.1, 0.15) is 11.9 Å². The summed E-state index contributed by atoms with van der Waals surface area (Å²) in [5.41, 5.74) is 3.75. The Kier molecular flexibility index (Phi) is 1.91. The molecule has 0 aromatic heterocycles. The fourth-order valence-corrected chi connectivity index (χ4v) is 2.80. The molecule has 1 aromatic rings. The van der Waals surface area contributed by atoms with Gasteiger partial charge in [-0.25, -0.2) is 0 Å². The summed E-state index contributed by atoms with van der Waals surface area (Å²) in [6.45, 7) is 4.26. The van der Waals surface area contributed by atoms with E-state index in [1.165, 1.54) is 36.1 Å². The summed E-state index contributed by atoms with van der Waals surface area (Å²) in [6.07, 6.45) is 4.13. The molecule has 2 aliphatic rings. The molecule has 0 spiro atoms. The average Bonchev–Trinajstić information content (AvgIpc) is 2.61. The van der Waals surface area contributed by atoms with Crippen LogP contribution in [-0.2, 0) is 0 Å². The third-order valence-electron chi connectivity index (χ3n) is 3.48. The molecule has 0 radical (unpaired) electrons. The van der Waals surface area contributed by atoms with Gasteiger partial charge in [-0.05, 0) is 50.3 Å². The molecular weight excluding hydrogens is 186 g/mol. The van der Waals surface area contributed by atoms with Crippen LogP contribution in [-0.4, -0.2) is 12.1 Å². The van der Waals surface area contributed by atoms with Crippen molar-refractivity contribution < 1.29 is 4.74 Å². The summed E-state index contributed by atoms with van der Waals surface area (Å²) in [5.74, 6) is 1.07. The Balaban J connectivity index is 2.03. The molecule has 1 heterocycles. The van der Waals surface area contributed by atoms with Crippen molar-refractivity contribution in [2.45, 2.75) is 45.3 Å². The lowest BCUT2D eigenvalue weighted by molar-refractivity contribution is 0.187. The van der Waals surface area contributed by atoms with Gasteiger partial charge in [-0.1, -0.05) is 6.07 Å². The van der Waals surface area contributed by atoms with Gasteiger partial charge >= 0.3 is 0 Å². The highest BCUT2D eigenvalue weighted by Crippen LogP contribution is 2.39. The van der Waals surface area contributed by atoms with E-state index in [9.17, 15) is 0 Å². The molecule has 2 nitrogen and oxygen atoms in total. The number of aryl methyl sites for hydroxylation is 2. The Morgan fingerprint density at radius 1 is 1.27 bits per heavy atom. The Hall–Kier alpha value is -1.18. The summed E-state index contributed by atoms with van der Waals surface area (Å²) in [4.78, 5) is 0. The highest BCUT2D eigenvalue weighted by atomic mass is 16.5. The number of fused-ring (bicyclic) bond motifs is 2. The fraction of sp³-hybridized carbons (Fsp3) is 0.538. The van der Waals surface area contributed by atoms with Gasteiger partial charge in [-0.3, -0.25) is 0 Å². The molecule has 2 atom stereocenters. The number of hydrogen-bond donors (Lipinski definition) is 1. The van der Waals surface area contributed by atoms with Crippen LogP contribution in [0.3, 0.4) is 0 Å². The molecule has 2 unspecified atom stereocenters. The first-order chi connectivity index (χ1) is 7.24. The Morgan fingerprint density at radius 3 is 3.00 bits per heavy atom. The van der Waals surface area contributed by atoms with Crippen molar-refractivity contribution in [3.8, 4) is 5.75 Å². The van der Waals surface area contributed by atoms with Crippen LogP contribution in [0.2, 0.25) is 0 Å². The summed E-state index contributed by atoms with van der Waals surface area (Å²) in [7, 11) is 0. The summed E-state index contributed by atoms with van der Waals surface area (Å²) >= 11 is 0. The van der Waals surface area contributed by atoms with Gasteiger partial charge in [-0.15, -0.1) is 0 Å². The van der Waals surface area contributed by atoms with Crippen molar-refractivity contribution in [2.24, 2.45) is 0 Å². The predicted octanol–water partition coefficient (Wildman–Crippen LogP) is 3.03. The fourth-order valence-electron chi connectivity index (χ4n) is 2.80. The van der Waals surface area contributed by atoms with E-state index in [1.54, 1.807) is 0 Å². The van der Waals surface area contributed by atoms with Crippen molar-refractivity contribution in [2.75, 3.05) is 5.32 Å².